The van der Waals surface area contributed by atoms with Gasteiger partial charge in [-0.3, -0.25) is 4.79 Å². The number of carbonyl (C=O) groups excluding carboxylic acids is 1. The fraction of sp³-hybridized carbons (Fsp3) is 0.571. The number of aliphatic hydroxyl groups excluding tert-OH is 2. The number of halogens is 2. The number of esters is 1. The number of rotatable bonds is 12. The third kappa shape index (κ3) is 7.85. The fourth-order valence-corrected chi connectivity index (χ4v) is 5.30. The molecule has 0 heterocycles. The summed E-state index contributed by atoms with van der Waals surface area (Å²) in [6.45, 7) is 3.78. The number of fused-ring (bicyclic) bond motifs is 1. The first-order valence-electron chi connectivity index (χ1n) is 12.9. The lowest BCUT2D eigenvalue weighted by Gasteiger charge is -2.42. The van der Waals surface area contributed by atoms with Gasteiger partial charge in [-0.1, -0.05) is 32.1 Å². The maximum absolute atomic E-state index is 14.1. The van der Waals surface area contributed by atoms with Crippen LogP contribution in [0.25, 0.3) is 0 Å². The molecule has 0 spiro atoms. The lowest BCUT2D eigenvalue weighted by molar-refractivity contribution is -0.162. The van der Waals surface area contributed by atoms with Gasteiger partial charge in [0.1, 0.15) is 11.9 Å². The van der Waals surface area contributed by atoms with Crippen molar-refractivity contribution >= 4 is 11.9 Å². The summed E-state index contributed by atoms with van der Waals surface area (Å²) in [6.07, 6.45) is 4.89. The van der Waals surface area contributed by atoms with E-state index in [1.165, 1.54) is 0 Å². The van der Waals surface area contributed by atoms with Crippen LogP contribution in [-0.4, -0.2) is 51.7 Å². The molecular formula is C28H36F2O7. The Balaban J connectivity index is 1.67. The van der Waals surface area contributed by atoms with Gasteiger partial charge in [0.05, 0.1) is 18.6 Å². The molecular weight excluding hydrogens is 486 g/mol. The van der Waals surface area contributed by atoms with E-state index < -0.39 is 54.4 Å². The summed E-state index contributed by atoms with van der Waals surface area (Å²) in [7, 11) is 0. The molecule has 0 bridgehead atoms. The summed E-state index contributed by atoms with van der Waals surface area (Å²) in [4.78, 5) is 23.8. The van der Waals surface area contributed by atoms with Crippen LogP contribution < -0.4 is 4.74 Å². The van der Waals surface area contributed by atoms with Gasteiger partial charge in [0.15, 0.2) is 17.7 Å². The van der Waals surface area contributed by atoms with Gasteiger partial charge >= 0.3 is 11.9 Å². The van der Waals surface area contributed by atoms with Gasteiger partial charge in [0, 0.05) is 12.0 Å². The lowest BCUT2D eigenvalue weighted by atomic mass is 9.66. The fourth-order valence-electron chi connectivity index (χ4n) is 5.30. The monoisotopic (exact) mass is 522 g/mol. The minimum atomic E-state index is -1.12. The number of aliphatic hydroxyl groups is 2. The third-order valence-electron chi connectivity index (χ3n) is 7.20. The molecule has 204 valence electrons. The highest BCUT2D eigenvalue weighted by molar-refractivity contribution is 5.75. The summed E-state index contributed by atoms with van der Waals surface area (Å²) in [5.74, 6) is -3.50. The van der Waals surface area contributed by atoms with Crippen molar-refractivity contribution < 1.29 is 43.2 Å². The molecule has 0 amide bonds. The molecule has 0 radical (unpaired) electrons. The maximum Gasteiger partial charge on any atom is 0.347 e. The van der Waals surface area contributed by atoms with Gasteiger partial charge in [0.25, 0.3) is 0 Å². The van der Waals surface area contributed by atoms with E-state index in [0.717, 1.165) is 24.1 Å². The van der Waals surface area contributed by atoms with Crippen molar-refractivity contribution in [2.24, 2.45) is 17.8 Å². The minimum absolute atomic E-state index is 0.0233. The van der Waals surface area contributed by atoms with Gasteiger partial charge in [-0.15, -0.1) is 0 Å². The Morgan fingerprint density at radius 1 is 1.19 bits per heavy atom. The van der Waals surface area contributed by atoms with Crippen LogP contribution >= 0.6 is 0 Å². The number of carboxylic acid groups (broad SMARTS) is 1. The second-order valence-corrected chi connectivity index (χ2v) is 9.97. The summed E-state index contributed by atoms with van der Waals surface area (Å²) in [6, 6.07) is 2.90. The van der Waals surface area contributed by atoms with Crippen molar-refractivity contribution in [2.75, 3.05) is 0 Å². The second kappa shape index (κ2) is 13.1. The molecule has 37 heavy (non-hydrogen) atoms. The Morgan fingerprint density at radius 3 is 2.62 bits per heavy atom. The van der Waals surface area contributed by atoms with Crippen molar-refractivity contribution in [3.05, 3.63) is 53.6 Å². The van der Waals surface area contributed by atoms with E-state index in [1.54, 1.807) is 6.92 Å². The molecule has 3 rings (SSSR count). The van der Waals surface area contributed by atoms with E-state index in [1.807, 2.05) is 6.08 Å². The quantitative estimate of drug-likeness (QED) is 0.345. The number of benzene rings is 1. The van der Waals surface area contributed by atoms with Gasteiger partial charge in [-0.05, 0) is 68.1 Å². The van der Waals surface area contributed by atoms with Crippen LogP contribution in [0, 0.1) is 29.4 Å². The Bertz CT molecular complexity index is 1010. The second-order valence-electron chi connectivity index (χ2n) is 9.97. The highest BCUT2D eigenvalue weighted by Crippen LogP contribution is 2.44. The average Bonchev–Trinajstić information content (AvgIpc) is 2.82. The van der Waals surface area contributed by atoms with Crippen LogP contribution in [0.1, 0.15) is 58.8 Å². The SMILES string of the molecule is CCC(Oc1ccc(F)cc1F)C(=O)OC1CCC=C2C=CC(C)C(CCC(O)CC(O)CC(=O)O)C21. The van der Waals surface area contributed by atoms with Crippen LogP contribution in [0.2, 0.25) is 0 Å². The molecule has 9 heteroatoms. The number of carboxylic acids is 1. The molecule has 1 aromatic carbocycles. The third-order valence-corrected chi connectivity index (χ3v) is 7.20. The maximum atomic E-state index is 14.1. The normalized spacial score (nSPS) is 25.4. The Kier molecular flexibility index (Phi) is 10.2. The number of allylic oxidation sites excluding steroid dienone is 3. The topological polar surface area (TPSA) is 113 Å². The zero-order valence-corrected chi connectivity index (χ0v) is 21.2. The summed E-state index contributed by atoms with van der Waals surface area (Å²) in [5, 5.41) is 29.1. The van der Waals surface area contributed by atoms with E-state index in [2.05, 4.69) is 19.1 Å². The minimum Gasteiger partial charge on any atom is -0.481 e. The van der Waals surface area contributed by atoms with E-state index in [4.69, 9.17) is 14.6 Å². The van der Waals surface area contributed by atoms with E-state index in [0.29, 0.717) is 25.3 Å². The number of hydrogen-bond donors (Lipinski definition) is 3. The van der Waals surface area contributed by atoms with Gasteiger partial charge in [-0.25, -0.2) is 13.6 Å². The first-order chi connectivity index (χ1) is 17.6. The van der Waals surface area contributed by atoms with E-state index in [-0.39, 0.29) is 36.3 Å². The van der Waals surface area contributed by atoms with Crippen molar-refractivity contribution in [1.29, 1.82) is 0 Å². The van der Waals surface area contributed by atoms with Crippen molar-refractivity contribution in [3.8, 4) is 5.75 Å². The predicted octanol–water partition coefficient (Wildman–Crippen LogP) is 4.56. The zero-order chi connectivity index (χ0) is 27.1. The highest BCUT2D eigenvalue weighted by Gasteiger charge is 2.41. The average molecular weight is 523 g/mol. The molecule has 0 saturated heterocycles. The van der Waals surface area contributed by atoms with Crippen LogP contribution in [0.3, 0.4) is 0 Å². The molecule has 0 aromatic heterocycles. The van der Waals surface area contributed by atoms with Crippen LogP contribution in [0.5, 0.6) is 5.75 Å². The number of hydrogen-bond acceptors (Lipinski definition) is 6. The summed E-state index contributed by atoms with van der Waals surface area (Å²) >= 11 is 0. The Morgan fingerprint density at radius 2 is 1.95 bits per heavy atom. The predicted molar refractivity (Wildman–Crippen MR) is 132 cm³/mol. The Labute approximate surface area is 215 Å². The standard InChI is InChI=1S/C28H36F2O7/c1-3-23(36-24-12-9-18(29)13-22(24)30)28(35)37-25-6-4-5-17-8-7-16(2)21(27(17)25)11-10-19(31)14-20(32)15-26(33)34/h5,7-9,12-13,16,19-21,23,25,27,31-32H,3-4,6,10-11,14-15H2,1-2H3,(H,33,34). The molecule has 1 aromatic rings. The van der Waals surface area contributed by atoms with Gasteiger partial charge in [0.2, 0.25) is 0 Å². The van der Waals surface area contributed by atoms with Gasteiger partial charge in [-0.2, -0.15) is 0 Å². The molecule has 3 N–H and O–H groups in total. The number of carbonyl (C=O) groups is 2. The molecule has 7 unspecified atom stereocenters. The van der Waals surface area contributed by atoms with Gasteiger partial charge < -0.3 is 24.8 Å². The number of ether oxygens (including phenoxy) is 2. The smallest absolute Gasteiger partial charge is 0.347 e. The van der Waals surface area contributed by atoms with Crippen molar-refractivity contribution in [1.82, 2.24) is 0 Å². The molecule has 7 nitrogen and oxygen atoms in total. The largest absolute Gasteiger partial charge is 0.481 e. The molecule has 0 saturated carbocycles. The number of aliphatic carboxylic acids is 1. The van der Waals surface area contributed by atoms with E-state index in [9.17, 15) is 28.6 Å². The first-order valence-corrected chi connectivity index (χ1v) is 12.9. The highest BCUT2D eigenvalue weighted by atomic mass is 19.1. The summed E-state index contributed by atoms with van der Waals surface area (Å²) in [5.41, 5.74) is 1.06. The van der Waals surface area contributed by atoms with Crippen molar-refractivity contribution in [2.45, 2.75) is 83.2 Å². The molecule has 2 aliphatic rings. The van der Waals surface area contributed by atoms with Crippen molar-refractivity contribution in [3.63, 3.8) is 0 Å². The molecule has 2 aliphatic carbocycles. The molecule has 7 atom stereocenters. The van der Waals surface area contributed by atoms with E-state index >= 15 is 0 Å². The molecule has 0 aliphatic heterocycles. The van der Waals surface area contributed by atoms with Crippen LogP contribution in [-0.2, 0) is 14.3 Å². The lowest BCUT2D eigenvalue weighted by Crippen LogP contribution is -2.42. The molecule has 0 fully saturated rings. The summed E-state index contributed by atoms with van der Waals surface area (Å²) < 4.78 is 38.8. The zero-order valence-electron chi connectivity index (χ0n) is 21.2. The first kappa shape index (κ1) is 28.8. The van der Waals surface area contributed by atoms with Crippen LogP contribution in [0.15, 0.2) is 42.0 Å². The Hall–Kier alpha value is -2.78. The van der Waals surface area contributed by atoms with Crippen LogP contribution in [0.4, 0.5) is 8.78 Å².